The van der Waals surface area contributed by atoms with Crippen LogP contribution in [0.2, 0.25) is 10.0 Å². The molecule has 48 heavy (non-hydrogen) atoms. The minimum atomic E-state index is -4.41. The molecule has 17 heteroatoms. The molecule has 7 rings (SSSR count). The molecule has 12 nitrogen and oxygen atoms in total. The van der Waals surface area contributed by atoms with Gasteiger partial charge in [-0.05, 0) is 61.4 Å². The molecule has 3 aromatic carbocycles. The maximum atomic E-state index is 15.8. The Kier molecular flexibility index (Phi) is 8.45. The highest BCUT2D eigenvalue weighted by molar-refractivity contribution is 7.92. The molecule has 0 aliphatic carbocycles. The van der Waals surface area contributed by atoms with Crippen molar-refractivity contribution in [3.8, 4) is 5.82 Å². The molecule has 4 heterocycles. The summed E-state index contributed by atoms with van der Waals surface area (Å²) in [6, 6.07) is 15.0. The second kappa shape index (κ2) is 12.7. The van der Waals surface area contributed by atoms with Gasteiger partial charge in [-0.3, -0.25) is 4.72 Å². The fourth-order valence-corrected chi connectivity index (χ4v) is 7.42. The summed E-state index contributed by atoms with van der Waals surface area (Å²) >= 11 is 12.1. The van der Waals surface area contributed by atoms with Crippen LogP contribution in [0.1, 0.15) is 12.8 Å². The van der Waals surface area contributed by atoms with Gasteiger partial charge in [-0.15, -0.1) is 5.10 Å². The Morgan fingerprint density at radius 1 is 1.00 bits per heavy atom. The number of methoxy groups -OCH3 is 1. The minimum Gasteiger partial charge on any atom is -0.380 e. The smallest absolute Gasteiger partial charge is 0.263 e. The van der Waals surface area contributed by atoms with Gasteiger partial charge in [0.15, 0.2) is 17.5 Å². The molecule has 3 aromatic heterocycles. The molecule has 2 N–H and O–H groups in total. The topological polar surface area (TPSA) is 140 Å². The molecule has 0 radical (unpaired) electrons. The van der Waals surface area contributed by atoms with Crippen LogP contribution in [0.15, 0.2) is 71.9 Å². The fraction of sp³-hybridized carbons (Fsp3) is 0.194. The molecular weight excluding hydrogens is 687 g/mol. The van der Waals surface area contributed by atoms with Crippen LogP contribution >= 0.6 is 23.2 Å². The van der Waals surface area contributed by atoms with Gasteiger partial charge < -0.3 is 15.0 Å². The fourth-order valence-electron chi connectivity index (χ4n) is 5.60. The number of nitrogens with zero attached hydrogens (tertiary/aromatic N) is 7. The van der Waals surface area contributed by atoms with E-state index in [4.69, 9.17) is 27.9 Å². The Morgan fingerprint density at radius 3 is 2.67 bits per heavy atom. The maximum Gasteiger partial charge on any atom is 0.263 e. The van der Waals surface area contributed by atoms with Crippen molar-refractivity contribution in [3.05, 3.63) is 88.7 Å². The Bertz CT molecular complexity index is 2310. The summed E-state index contributed by atoms with van der Waals surface area (Å²) in [5, 5.41) is 11.2. The molecule has 0 bridgehead atoms. The van der Waals surface area contributed by atoms with Crippen LogP contribution in [0, 0.1) is 11.6 Å². The van der Waals surface area contributed by atoms with Gasteiger partial charge in [-0.2, -0.15) is 4.68 Å². The molecule has 0 unspecified atom stereocenters. The molecular formula is C31H25Cl2F2N9O3S. The third-order valence-electron chi connectivity index (χ3n) is 7.98. The quantitative estimate of drug-likeness (QED) is 0.180. The van der Waals surface area contributed by atoms with Gasteiger partial charge in [0.2, 0.25) is 0 Å². The molecule has 246 valence electrons. The van der Waals surface area contributed by atoms with Crippen LogP contribution in [0.4, 0.5) is 31.7 Å². The lowest BCUT2D eigenvalue weighted by molar-refractivity contribution is 0.0894. The number of nitrogens with one attached hydrogen (secondary N) is 2. The molecule has 0 saturated carbocycles. The number of piperidine rings is 1. The number of halogens is 4. The lowest BCUT2D eigenvalue weighted by Crippen LogP contribution is -2.39. The summed E-state index contributed by atoms with van der Waals surface area (Å²) in [5.74, 6) is -1.93. The number of sulfonamides is 1. The van der Waals surface area contributed by atoms with E-state index in [9.17, 15) is 8.42 Å². The Balaban J connectivity index is 1.23. The molecule has 1 aliphatic heterocycles. The zero-order chi connectivity index (χ0) is 33.6. The number of pyridine rings is 1. The number of hydrogen-bond acceptors (Lipinski definition) is 10. The van der Waals surface area contributed by atoms with Gasteiger partial charge in [-0.1, -0.05) is 40.5 Å². The van der Waals surface area contributed by atoms with Crippen molar-refractivity contribution in [2.75, 3.05) is 35.1 Å². The SMILES string of the molecule is CO[C@H]1CCCN(c2cccc3c2nnn3-c2ccc3ncnc(Nc4c(F)ccc(NS(=O)(=O)c5cccc(Cl)c5Cl)c4F)c3n2)C1. The first-order valence-electron chi connectivity index (χ1n) is 14.6. The third-order valence-corrected chi connectivity index (χ3v) is 10.3. The summed E-state index contributed by atoms with van der Waals surface area (Å²) in [4.78, 5) is 15.0. The van der Waals surface area contributed by atoms with E-state index in [0.29, 0.717) is 22.4 Å². The Hall–Kier alpha value is -4.70. The molecule has 6 aromatic rings. The average Bonchev–Trinajstić information content (AvgIpc) is 3.53. The van der Waals surface area contributed by atoms with Crippen molar-refractivity contribution < 1.29 is 21.9 Å². The molecule has 0 amide bonds. The van der Waals surface area contributed by atoms with Crippen LogP contribution in [0.25, 0.3) is 27.9 Å². The van der Waals surface area contributed by atoms with Gasteiger partial charge in [0, 0.05) is 20.2 Å². The van der Waals surface area contributed by atoms with Gasteiger partial charge >= 0.3 is 0 Å². The average molecular weight is 713 g/mol. The molecule has 1 saturated heterocycles. The van der Waals surface area contributed by atoms with E-state index in [1.54, 1.807) is 23.9 Å². The van der Waals surface area contributed by atoms with Crippen LogP contribution in [-0.2, 0) is 14.8 Å². The van der Waals surface area contributed by atoms with Gasteiger partial charge in [0.1, 0.15) is 33.8 Å². The highest BCUT2D eigenvalue weighted by atomic mass is 35.5. The van der Waals surface area contributed by atoms with Crippen molar-refractivity contribution in [1.82, 2.24) is 29.9 Å². The summed E-state index contributed by atoms with van der Waals surface area (Å²) in [5.41, 5.74) is 1.62. The number of rotatable bonds is 8. The van der Waals surface area contributed by atoms with E-state index >= 15 is 8.78 Å². The predicted molar refractivity (Wildman–Crippen MR) is 179 cm³/mol. The van der Waals surface area contributed by atoms with Gasteiger partial charge in [-0.25, -0.2) is 32.2 Å². The second-order valence-corrected chi connectivity index (χ2v) is 13.4. The van der Waals surface area contributed by atoms with Gasteiger partial charge in [0.25, 0.3) is 10.0 Å². The first kappa shape index (κ1) is 31.9. The number of aromatic nitrogens is 6. The van der Waals surface area contributed by atoms with E-state index in [1.807, 2.05) is 18.2 Å². The number of hydrogen-bond donors (Lipinski definition) is 2. The van der Waals surface area contributed by atoms with E-state index in [0.717, 1.165) is 43.8 Å². The number of anilines is 4. The van der Waals surface area contributed by atoms with Gasteiger partial charge in [0.05, 0.1) is 38.6 Å². The first-order valence-corrected chi connectivity index (χ1v) is 16.8. The second-order valence-electron chi connectivity index (χ2n) is 10.9. The van der Waals surface area contributed by atoms with Crippen molar-refractivity contribution >= 4 is 78.2 Å². The summed E-state index contributed by atoms with van der Waals surface area (Å²) in [7, 11) is -2.70. The monoisotopic (exact) mass is 711 g/mol. The van der Waals surface area contributed by atoms with Crippen molar-refractivity contribution in [2.45, 2.75) is 23.8 Å². The zero-order valence-electron chi connectivity index (χ0n) is 25.0. The maximum absolute atomic E-state index is 15.8. The highest BCUT2D eigenvalue weighted by Crippen LogP contribution is 2.35. The third kappa shape index (κ3) is 5.83. The molecule has 1 aliphatic rings. The van der Waals surface area contributed by atoms with Crippen LogP contribution in [0.5, 0.6) is 0 Å². The normalized spacial score (nSPS) is 15.3. The first-order chi connectivity index (χ1) is 23.1. The molecule has 0 spiro atoms. The molecule has 1 atom stereocenters. The standard InChI is InChI=1S/C31H25Cl2F2N9O3S/c1-47-17-5-4-14-43(15-17)22-7-3-8-23-30(22)40-42-44(23)25-13-12-21-29(38-25)31(37-16-36-21)39-28-19(34)10-11-20(27(28)35)41-48(45,46)24-9-2-6-18(32)26(24)33/h2-3,6-13,16-17,41H,4-5,14-15H2,1H3,(H,36,37,39)/t17-/m0/s1. The van der Waals surface area contributed by atoms with Crippen molar-refractivity contribution in [3.63, 3.8) is 0 Å². The molecule has 1 fully saturated rings. The summed E-state index contributed by atoms with van der Waals surface area (Å²) < 4.78 is 66.2. The van der Waals surface area contributed by atoms with Crippen LogP contribution < -0.4 is 14.9 Å². The lowest BCUT2D eigenvalue weighted by Gasteiger charge is -2.33. The summed E-state index contributed by atoms with van der Waals surface area (Å²) in [6.45, 7) is 1.59. The largest absolute Gasteiger partial charge is 0.380 e. The van der Waals surface area contributed by atoms with E-state index in [2.05, 4.69) is 40.2 Å². The highest BCUT2D eigenvalue weighted by Gasteiger charge is 2.25. The number of fused-ring (bicyclic) bond motifs is 2. The van der Waals surface area contributed by atoms with Crippen LogP contribution in [-0.4, -0.2) is 64.7 Å². The van der Waals surface area contributed by atoms with Crippen molar-refractivity contribution in [1.29, 1.82) is 0 Å². The Labute approximate surface area is 282 Å². The number of benzene rings is 3. The predicted octanol–water partition coefficient (Wildman–Crippen LogP) is 6.50. The minimum absolute atomic E-state index is 0.00877. The number of ether oxygens (including phenoxy) is 1. The van der Waals surface area contributed by atoms with Crippen LogP contribution in [0.3, 0.4) is 0 Å². The van der Waals surface area contributed by atoms with Crippen molar-refractivity contribution in [2.24, 2.45) is 0 Å². The zero-order valence-corrected chi connectivity index (χ0v) is 27.4. The summed E-state index contributed by atoms with van der Waals surface area (Å²) in [6.07, 6.45) is 3.30. The Morgan fingerprint density at radius 2 is 1.83 bits per heavy atom. The van der Waals surface area contributed by atoms with E-state index < -0.39 is 33.0 Å². The lowest BCUT2D eigenvalue weighted by atomic mass is 10.1. The van der Waals surface area contributed by atoms with E-state index in [1.165, 1.54) is 24.5 Å². The van der Waals surface area contributed by atoms with E-state index in [-0.39, 0.29) is 32.4 Å².